The van der Waals surface area contributed by atoms with E-state index >= 15 is 0 Å². The molecule has 0 aromatic heterocycles. The second kappa shape index (κ2) is 65.2. The van der Waals surface area contributed by atoms with E-state index in [0.29, 0.717) is 204 Å². The number of benzene rings is 10. The van der Waals surface area contributed by atoms with Gasteiger partial charge in [0.2, 0.25) is 0 Å². The van der Waals surface area contributed by atoms with Crippen LogP contribution in [0.5, 0.6) is 0 Å². The number of ether oxygens (including phenoxy) is 12. The van der Waals surface area contributed by atoms with E-state index < -0.39 is 69.4 Å². The average molecular weight is 2400 g/mol. The maximum absolute atomic E-state index is 14.3. The van der Waals surface area contributed by atoms with E-state index in [0.717, 1.165) is 65.6 Å². The molecule has 0 amide bonds. The Labute approximate surface area is 958 Å². The van der Waals surface area contributed by atoms with Gasteiger partial charge in [0.15, 0.2) is 0 Å². The van der Waals surface area contributed by atoms with Crippen molar-refractivity contribution in [1.29, 1.82) is 0 Å². The summed E-state index contributed by atoms with van der Waals surface area (Å²) in [6, 6.07) is 93.6. The molecule has 0 saturated carbocycles. The van der Waals surface area contributed by atoms with Crippen molar-refractivity contribution in [2.45, 2.75) is 156 Å². The number of hydrogen-bond acceptors (Lipinski definition) is 18. The summed E-state index contributed by atoms with van der Waals surface area (Å²) in [6.07, 6.45) is -9.56. The van der Waals surface area contributed by atoms with Crippen molar-refractivity contribution in [3.63, 3.8) is 0 Å². The van der Waals surface area contributed by atoms with Crippen LogP contribution in [0.15, 0.2) is 267 Å². The summed E-state index contributed by atoms with van der Waals surface area (Å²) < 4.78 is 91.4. The molecule has 8 aliphatic rings. The van der Waals surface area contributed by atoms with Crippen LogP contribution in [0.3, 0.4) is 0 Å². The fourth-order valence-electron chi connectivity index (χ4n) is 21.4. The van der Waals surface area contributed by atoms with E-state index in [2.05, 4.69) is 305 Å². The number of rotatable bonds is 16. The number of fused-ring (bicyclic) bond motifs is 4. The molecule has 140 heavy (non-hydrogen) atoms. The van der Waals surface area contributed by atoms with E-state index in [1.54, 1.807) is 0 Å². The van der Waals surface area contributed by atoms with Gasteiger partial charge in [0, 0.05) is 31.7 Å². The third-order valence-corrected chi connectivity index (χ3v) is 40.5. The summed E-state index contributed by atoms with van der Waals surface area (Å²) in [5, 5.41) is 5.42. The van der Waals surface area contributed by atoms with Gasteiger partial charge in [-0.25, -0.2) is 9.59 Å². The second-order valence-electron chi connectivity index (χ2n) is 37.7. The largest absolute Gasteiger partial charge is 1.00 e. The smallest absolute Gasteiger partial charge is 0.648 e. The maximum Gasteiger partial charge on any atom is 1.00 e. The fourth-order valence-corrected chi connectivity index (χ4v) is 35.4. The summed E-state index contributed by atoms with van der Waals surface area (Å²) >= 11 is 0. The van der Waals surface area contributed by atoms with E-state index in [9.17, 15) is 9.59 Å². The minimum Gasteiger partial charge on any atom is -0.648 e. The van der Waals surface area contributed by atoms with Crippen LogP contribution < -0.4 is 190 Å². The van der Waals surface area contributed by atoms with Gasteiger partial charge in [0.05, 0.1) is 225 Å². The summed E-state index contributed by atoms with van der Waals surface area (Å²) in [5.41, 5.74) is 17.3. The topological polar surface area (TPSA) is 182 Å². The van der Waals surface area contributed by atoms with E-state index in [-0.39, 0.29) is 148 Å². The Morgan fingerprint density at radius 3 is 0.379 bits per heavy atom. The Morgan fingerprint density at radius 1 is 0.171 bits per heavy atom. The van der Waals surface area contributed by atoms with E-state index in [4.69, 9.17) is 75.5 Å². The van der Waals surface area contributed by atoms with Gasteiger partial charge in [-0.15, -0.1) is 21.9 Å². The molecule has 8 heterocycles. The van der Waals surface area contributed by atoms with Crippen molar-refractivity contribution in [2.75, 3.05) is 159 Å². The van der Waals surface area contributed by atoms with Crippen molar-refractivity contribution in [2.24, 2.45) is 0 Å². The molecule has 10 aromatic rings. The Bertz CT molecular complexity index is 4330. The van der Waals surface area contributed by atoms with Crippen LogP contribution in [0.4, 0.5) is 9.59 Å². The Balaban J connectivity index is 0.000000256. The van der Waals surface area contributed by atoms with Crippen molar-refractivity contribution in [1.82, 2.24) is 0 Å². The van der Waals surface area contributed by atoms with Crippen molar-refractivity contribution in [3.8, 4) is 0 Å². The fraction of sp³-hybridized carbons (Fsp3) is 0.436. The van der Waals surface area contributed by atoms with Gasteiger partial charge in [-0.2, -0.15) is 43.7 Å². The van der Waals surface area contributed by atoms with Crippen molar-refractivity contribution >= 4 is 156 Å². The maximum atomic E-state index is 14.3. The van der Waals surface area contributed by atoms with Gasteiger partial charge in [0.25, 0.3) is 25.4 Å². The Hall–Kier alpha value is -3.01. The molecule has 18 rings (SSSR count). The third-order valence-electron chi connectivity index (χ3n) is 26.2. The average Bonchev–Trinajstić information content (AvgIpc) is 1.46. The predicted octanol–water partition coefficient (Wildman–Crippen LogP) is 6.40. The quantitative estimate of drug-likeness (QED) is 0.0765. The molecular formula is C110H152Au2B4K2O18P4+4. The molecule has 0 spiro atoms. The van der Waals surface area contributed by atoms with Crippen LogP contribution >= 0.6 is 31.7 Å². The Morgan fingerprint density at radius 2 is 0.271 bits per heavy atom. The summed E-state index contributed by atoms with van der Waals surface area (Å²) in [7, 11) is -4.03. The Kier molecular flexibility index (Phi) is 57.7. The van der Waals surface area contributed by atoms with E-state index in [1.165, 1.54) is 21.2 Å². The standard InChI is InChI=1S/2C37H44B2O3P2.2C12H24O6.2C6H6.2Au.2K/c2*1-25(2)43(26(3)4)35-23-15-13-21-33(35)38-29-17-9-11-19-31(29)39(42-37(40)41-38,32-20-12-10-18-30(32)38)34-22-14-16-24-36(34)44(27(5)6)28(7)8;2*1-2-14-5-6-16-9-10-18-12-11-17-8-7-15-4-3-13-1;2*1-2-4-6-5-3-1;;;;/h2*9-28H,1-8H3;2*1-12H2;2*1-6H;;;;/q2*-2;;;;;4*+1/p+4. The molecular weight excluding hydrogens is 2250 g/mol. The van der Waals surface area contributed by atoms with Crippen LogP contribution in [0, 0.1) is 0 Å². The van der Waals surface area contributed by atoms with Gasteiger partial charge in [-0.3, -0.25) is 0 Å². The van der Waals surface area contributed by atoms with Gasteiger partial charge in [-0.05, 0) is 135 Å². The monoisotopic (exact) mass is 2400 g/mol. The SMILES string of the molecule is C1COCCOCCOCCOCCOCCO1.C1COCCOCCOCCOCCOCCO1.CC(C)[PH+](c1ccccc1[B-]12OC(=O)O[B-](c3ccccc3[PH+](C(C)C)C(C)C)(c3ccccc31)c1ccccc12)C(C)C.CC(C)[PH+](c1ccccc1[B-]12OC(=O)O[B-](c3ccccc3[PH+](C(C)C)C(C)C)(c3ccccc31)c1ccccc12)C(C)C.[Au+].[Au+].[K+].[K+].c1ccccc1.c1ccccc1. The molecule has 8 aliphatic heterocycles. The molecule has 10 aromatic carbocycles. The zero-order valence-corrected chi connectivity index (χ0v) is 101. The van der Waals surface area contributed by atoms with Crippen LogP contribution in [0.1, 0.15) is 111 Å². The van der Waals surface area contributed by atoms with Gasteiger partial charge in [-0.1, -0.05) is 243 Å². The van der Waals surface area contributed by atoms with Crippen LogP contribution in [-0.2, 0) is 120 Å². The molecule has 0 unspecified atom stereocenters. The minimum atomic E-state index is -2.10. The number of carbonyl (C=O) groups excluding carboxylic acids is 2. The first-order chi connectivity index (χ1) is 66.1. The first-order valence-corrected chi connectivity index (χ1v) is 56.3. The predicted molar refractivity (Wildman–Crippen MR) is 581 cm³/mol. The van der Waals surface area contributed by atoms with Gasteiger partial charge >= 0.3 is 160 Å². The summed E-state index contributed by atoms with van der Waals surface area (Å²) in [4.78, 5) is 28.7. The zero-order valence-electron chi connectivity index (χ0n) is 86.3. The molecule has 4 bridgehead atoms. The summed E-state index contributed by atoms with van der Waals surface area (Å²) in [5.74, 6) is 0. The molecule has 0 radical (unpaired) electrons. The van der Waals surface area contributed by atoms with E-state index in [1.807, 2.05) is 72.8 Å². The number of carbonyl (C=O) groups is 2. The molecule has 2 saturated heterocycles. The molecule has 18 nitrogen and oxygen atoms in total. The van der Waals surface area contributed by atoms with Crippen molar-refractivity contribution in [3.05, 3.63) is 267 Å². The van der Waals surface area contributed by atoms with Crippen LogP contribution in [-0.4, -0.2) is 242 Å². The number of hydrogen-bond donors (Lipinski definition) is 0. The molecule has 0 atom stereocenters. The third kappa shape index (κ3) is 32.5. The van der Waals surface area contributed by atoms with Crippen LogP contribution in [0.2, 0.25) is 0 Å². The second-order valence-corrected chi connectivity index (χ2v) is 52.7. The molecule has 0 aliphatic carbocycles. The molecule has 0 N–H and O–H groups in total. The molecule has 30 heteroatoms. The van der Waals surface area contributed by atoms with Gasteiger partial charge in [0.1, 0.15) is 0 Å². The summed E-state index contributed by atoms with van der Waals surface area (Å²) in [6.45, 7) is 51.5. The normalized spacial score (nSPS) is 19.9. The van der Waals surface area contributed by atoms with Crippen LogP contribution in [0.25, 0.3) is 0 Å². The first kappa shape index (κ1) is 124. The first-order valence-electron chi connectivity index (χ1n) is 49.7. The van der Waals surface area contributed by atoms with Gasteiger partial charge < -0.3 is 75.5 Å². The molecule has 752 valence electrons. The minimum absolute atomic E-state index is 0. The molecule has 2 fully saturated rings. The zero-order chi connectivity index (χ0) is 96.7. The van der Waals surface area contributed by atoms with Crippen molar-refractivity contribution < 1.29 is 233 Å².